The lowest BCUT2D eigenvalue weighted by molar-refractivity contribution is -0.126. The number of ether oxygens (including phenoxy) is 1. The molecule has 1 aliphatic heterocycles. The summed E-state index contributed by atoms with van der Waals surface area (Å²) < 4.78 is 5.19. The monoisotopic (exact) mass is 395 g/mol. The van der Waals surface area contributed by atoms with E-state index in [4.69, 9.17) is 4.74 Å². The molecule has 1 aliphatic rings. The average Bonchev–Trinajstić information content (AvgIpc) is 2.74. The molecule has 0 spiro atoms. The number of carbonyl (C=O) groups excluding carboxylic acids is 2. The molecule has 0 atom stereocenters. The van der Waals surface area contributed by atoms with Crippen LogP contribution in [0, 0.1) is 5.92 Å². The first-order valence-corrected chi connectivity index (χ1v) is 10.1. The number of anilines is 2. The molecule has 2 aromatic rings. The number of hydrogen-bond donors (Lipinski definition) is 2. The van der Waals surface area contributed by atoms with Crippen molar-refractivity contribution in [2.45, 2.75) is 32.7 Å². The molecule has 154 valence electrons. The van der Waals surface area contributed by atoms with Gasteiger partial charge >= 0.3 is 0 Å². The number of piperidine rings is 1. The Bertz CT molecular complexity index is 841. The van der Waals surface area contributed by atoms with Gasteiger partial charge in [-0.15, -0.1) is 0 Å². The van der Waals surface area contributed by atoms with Crippen molar-refractivity contribution in [3.63, 3.8) is 0 Å². The third-order valence-corrected chi connectivity index (χ3v) is 5.11. The minimum absolute atomic E-state index is 0.00988. The second-order valence-electron chi connectivity index (χ2n) is 7.63. The van der Waals surface area contributed by atoms with Crippen molar-refractivity contribution < 1.29 is 14.3 Å². The zero-order valence-corrected chi connectivity index (χ0v) is 17.3. The van der Waals surface area contributed by atoms with Crippen molar-refractivity contribution in [3.8, 4) is 5.75 Å². The van der Waals surface area contributed by atoms with E-state index < -0.39 is 0 Å². The quantitative estimate of drug-likeness (QED) is 0.780. The molecule has 6 heteroatoms. The lowest BCUT2D eigenvalue weighted by Gasteiger charge is -2.32. The molecular formula is C23H29N3O3. The fourth-order valence-corrected chi connectivity index (χ4v) is 3.53. The Morgan fingerprint density at radius 2 is 1.69 bits per heavy atom. The fraction of sp³-hybridized carbons (Fsp3) is 0.391. The molecule has 2 N–H and O–H groups in total. The summed E-state index contributed by atoms with van der Waals surface area (Å²) in [6.45, 7) is 5.10. The van der Waals surface area contributed by atoms with Gasteiger partial charge in [0.1, 0.15) is 5.75 Å². The van der Waals surface area contributed by atoms with Crippen LogP contribution in [0.3, 0.4) is 0 Å². The van der Waals surface area contributed by atoms with E-state index in [1.807, 2.05) is 67.3 Å². The Labute approximate surface area is 172 Å². The highest BCUT2D eigenvalue weighted by Crippen LogP contribution is 2.26. The van der Waals surface area contributed by atoms with Crippen LogP contribution in [-0.2, 0) is 4.79 Å². The molecule has 2 amide bonds. The predicted octanol–water partition coefficient (Wildman–Crippen LogP) is 3.82. The van der Waals surface area contributed by atoms with Gasteiger partial charge in [0.05, 0.1) is 18.4 Å². The zero-order chi connectivity index (χ0) is 20.8. The summed E-state index contributed by atoms with van der Waals surface area (Å²) in [5.41, 5.74) is 2.28. The first-order chi connectivity index (χ1) is 14.0. The molecule has 1 fully saturated rings. The maximum atomic E-state index is 13.1. The van der Waals surface area contributed by atoms with Crippen LogP contribution in [-0.4, -0.2) is 43.0 Å². The molecule has 3 rings (SSSR count). The number of likely N-dealkylation sites (tertiary alicyclic amines) is 1. The van der Waals surface area contributed by atoms with Gasteiger partial charge in [-0.1, -0.05) is 12.1 Å². The van der Waals surface area contributed by atoms with Crippen LogP contribution in [0.5, 0.6) is 5.75 Å². The summed E-state index contributed by atoms with van der Waals surface area (Å²) in [4.78, 5) is 27.2. The first kappa shape index (κ1) is 20.7. The predicted molar refractivity (Wildman–Crippen MR) is 115 cm³/mol. The number of benzene rings is 2. The highest BCUT2D eigenvalue weighted by molar-refractivity contribution is 6.00. The summed E-state index contributed by atoms with van der Waals surface area (Å²) in [6.07, 6.45) is 1.39. The van der Waals surface area contributed by atoms with E-state index >= 15 is 0 Å². The SMILES string of the molecule is COc1ccc(Nc2ccccc2C(=O)N2CCC(C(=O)NC(C)C)CC2)cc1. The van der Waals surface area contributed by atoms with Crippen molar-refractivity contribution in [2.24, 2.45) is 5.92 Å². The van der Waals surface area contributed by atoms with E-state index in [2.05, 4.69) is 10.6 Å². The first-order valence-electron chi connectivity index (χ1n) is 10.1. The number of para-hydroxylation sites is 1. The molecule has 0 saturated carbocycles. The standard InChI is InChI=1S/C23H29N3O3/c1-16(2)24-22(27)17-12-14-26(15-13-17)23(28)20-6-4-5-7-21(20)25-18-8-10-19(29-3)11-9-18/h4-11,16-17,25H,12-15H2,1-3H3,(H,24,27). The Balaban J connectivity index is 1.66. The van der Waals surface area contributed by atoms with Gasteiger partial charge in [-0.3, -0.25) is 9.59 Å². The van der Waals surface area contributed by atoms with Crippen LogP contribution in [0.15, 0.2) is 48.5 Å². The van der Waals surface area contributed by atoms with E-state index in [1.54, 1.807) is 7.11 Å². The summed E-state index contributed by atoms with van der Waals surface area (Å²) in [5, 5.41) is 6.30. The maximum absolute atomic E-state index is 13.1. The smallest absolute Gasteiger partial charge is 0.255 e. The number of rotatable bonds is 6. The van der Waals surface area contributed by atoms with E-state index in [0.29, 0.717) is 31.5 Å². The highest BCUT2D eigenvalue weighted by Gasteiger charge is 2.28. The molecule has 1 saturated heterocycles. The van der Waals surface area contributed by atoms with Gasteiger partial charge in [0.25, 0.3) is 5.91 Å². The van der Waals surface area contributed by atoms with Crippen molar-refractivity contribution in [2.75, 3.05) is 25.5 Å². The largest absolute Gasteiger partial charge is 0.497 e. The van der Waals surface area contributed by atoms with Crippen molar-refractivity contribution in [3.05, 3.63) is 54.1 Å². The van der Waals surface area contributed by atoms with Gasteiger partial charge in [-0.25, -0.2) is 0 Å². The second kappa shape index (κ2) is 9.45. The summed E-state index contributed by atoms with van der Waals surface area (Å²) in [6, 6.07) is 15.2. The Kier molecular flexibility index (Phi) is 6.75. The summed E-state index contributed by atoms with van der Waals surface area (Å²) >= 11 is 0. The molecule has 1 heterocycles. The number of hydrogen-bond acceptors (Lipinski definition) is 4. The molecule has 0 aromatic heterocycles. The molecule has 29 heavy (non-hydrogen) atoms. The van der Waals surface area contributed by atoms with Gasteiger partial charge in [-0.05, 0) is 63.1 Å². The minimum atomic E-state index is -0.0193. The number of carbonyl (C=O) groups is 2. The summed E-state index contributed by atoms with van der Waals surface area (Å²) in [7, 11) is 1.63. The van der Waals surface area contributed by atoms with Crippen LogP contribution >= 0.6 is 0 Å². The highest BCUT2D eigenvalue weighted by atomic mass is 16.5. The fourth-order valence-electron chi connectivity index (χ4n) is 3.53. The van der Waals surface area contributed by atoms with Crippen LogP contribution in [0.4, 0.5) is 11.4 Å². The van der Waals surface area contributed by atoms with E-state index in [0.717, 1.165) is 17.1 Å². The molecule has 0 bridgehead atoms. The van der Waals surface area contributed by atoms with E-state index in [9.17, 15) is 9.59 Å². The van der Waals surface area contributed by atoms with Gasteiger partial charge in [0, 0.05) is 30.7 Å². The van der Waals surface area contributed by atoms with Crippen molar-refractivity contribution >= 4 is 23.2 Å². The van der Waals surface area contributed by atoms with Gasteiger partial charge in [0.15, 0.2) is 0 Å². The second-order valence-corrected chi connectivity index (χ2v) is 7.63. The topological polar surface area (TPSA) is 70.7 Å². The van der Waals surface area contributed by atoms with Gasteiger partial charge in [-0.2, -0.15) is 0 Å². The normalized spacial score (nSPS) is 14.6. The zero-order valence-electron chi connectivity index (χ0n) is 17.3. The number of methoxy groups -OCH3 is 1. The van der Waals surface area contributed by atoms with Crippen LogP contribution in [0.25, 0.3) is 0 Å². The minimum Gasteiger partial charge on any atom is -0.497 e. The Morgan fingerprint density at radius 3 is 2.31 bits per heavy atom. The molecule has 0 unspecified atom stereocenters. The van der Waals surface area contributed by atoms with Gasteiger partial charge in [0.2, 0.25) is 5.91 Å². The van der Waals surface area contributed by atoms with Crippen LogP contribution in [0.2, 0.25) is 0 Å². The molecule has 0 aliphatic carbocycles. The molecule has 0 radical (unpaired) electrons. The number of nitrogens with one attached hydrogen (secondary N) is 2. The van der Waals surface area contributed by atoms with Crippen LogP contribution in [0.1, 0.15) is 37.0 Å². The third kappa shape index (κ3) is 5.28. The molecule has 2 aromatic carbocycles. The van der Waals surface area contributed by atoms with Gasteiger partial charge < -0.3 is 20.3 Å². The Hall–Kier alpha value is -3.02. The van der Waals surface area contributed by atoms with Crippen LogP contribution < -0.4 is 15.4 Å². The van der Waals surface area contributed by atoms with E-state index in [1.165, 1.54) is 0 Å². The average molecular weight is 396 g/mol. The van der Waals surface area contributed by atoms with E-state index in [-0.39, 0.29) is 23.8 Å². The lowest BCUT2D eigenvalue weighted by atomic mass is 9.95. The van der Waals surface area contributed by atoms with Crippen molar-refractivity contribution in [1.29, 1.82) is 0 Å². The number of nitrogens with zero attached hydrogens (tertiary/aromatic N) is 1. The van der Waals surface area contributed by atoms with Crippen molar-refractivity contribution in [1.82, 2.24) is 10.2 Å². The number of amides is 2. The summed E-state index contributed by atoms with van der Waals surface area (Å²) in [5.74, 6) is 0.844. The molecule has 6 nitrogen and oxygen atoms in total. The molecular weight excluding hydrogens is 366 g/mol. The third-order valence-electron chi connectivity index (χ3n) is 5.11. The maximum Gasteiger partial charge on any atom is 0.255 e. The Morgan fingerprint density at radius 1 is 1.03 bits per heavy atom. The lowest BCUT2D eigenvalue weighted by Crippen LogP contribution is -2.44.